The van der Waals surface area contributed by atoms with Crippen LogP contribution in [0, 0.1) is 5.92 Å². The van der Waals surface area contributed by atoms with Gasteiger partial charge in [-0.05, 0) is 44.3 Å². The van der Waals surface area contributed by atoms with E-state index in [1.807, 2.05) is 6.07 Å². The van der Waals surface area contributed by atoms with E-state index in [2.05, 4.69) is 15.5 Å². The SMILES string of the molecule is OCc1cc(CC2CCCNC2)n[nH]1. The van der Waals surface area contributed by atoms with E-state index in [4.69, 9.17) is 5.11 Å². The van der Waals surface area contributed by atoms with E-state index in [0.29, 0.717) is 5.92 Å². The Kier molecular flexibility index (Phi) is 3.16. The van der Waals surface area contributed by atoms with Crippen molar-refractivity contribution in [2.24, 2.45) is 5.92 Å². The number of nitrogens with zero attached hydrogens (tertiary/aromatic N) is 1. The maximum Gasteiger partial charge on any atom is 0.0847 e. The van der Waals surface area contributed by atoms with Crippen LogP contribution in [0.1, 0.15) is 24.2 Å². The summed E-state index contributed by atoms with van der Waals surface area (Å²) in [7, 11) is 0. The van der Waals surface area contributed by atoms with Gasteiger partial charge in [0.15, 0.2) is 0 Å². The molecule has 0 aromatic carbocycles. The zero-order chi connectivity index (χ0) is 9.80. The Bertz CT molecular complexity index is 279. The van der Waals surface area contributed by atoms with E-state index in [1.54, 1.807) is 0 Å². The minimum absolute atomic E-state index is 0.0515. The highest BCUT2D eigenvalue weighted by Crippen LogP contribution is 2.15. The molecule has 0 amide bonds. The van der Waals surface area contributed by atoms with Crippen LogP contribution >= 0.6 is 0 Å². The molecule has 0 radical (unpaired) electrons. The maximum atomic E-state index is 8.87. The van der Waals surface area contributed by atoms with Gasteiger partial charge in [0.1, 0.15) is 0 Å². The molecule has 78 valence electrons. The Morgan fingerprint density at radius 3 is 3.14 bits per heavy atom. The van der Waals surface area contributed by atoms with Gasteiger partial charge in [-0.3, -0.25) is 5.10 Å². The van der Waals surface area contributed by atoms with Gasteiger partial charge in [-0.15, -0.1) is 0 Å². The fourth-order valence-corrected chi connectivity index (χ4v) is 1.99. The Morgan fingerprint density at radius 2 is 2.50 bits per heavy atom. The standard InChI is InChI=1S/C10H17N3O/c14-7-10-5-9(12-13-10)4-8-2-1-3-11-6-8/h5,8,11,14H,1-4,6-7H2,(H,12,13). The Balaban J connectivity index is 1.89. The molecule has 1 unspecified atom stereocenters. The molecule has 2 heterocycles. The van der Waals surface area contributed by atoms with E-state index in [0.717, 1.165) is 30.9 Å². The molecule has 1 aliphatic rings. The van der Waals surface area contributed by atoms with Gasteiger partial charge in [-0.25, -0.2) is 0 Å². The first-order valence-electron chi connectivity index (χ1n) is 5.23. The second kappa shape index (κ2) is 4.57. The third kappa shape index (κ3) is 2.33. The third-order valence-electron chi connectivity index (χ3n) is 2.75. The molecule has 0 saturated carbocycles. The second-order valence-corrected chi connectivity index (χ2v) is 3.96. The first-order valence-corrected chi connectivity index (χ1v) is 5.23. The first kappa shape index (κ1) is 9.68. The van der Waals surface area contributed by atoms with Crippen molar-refractivity contribution in [3.05, 3.63) is 17.5 Å². The van der Waals surface area contributed by atoms with Crippen LogP contribution in [0.3, 0.4) is 0 Å². The predicted octanol–water partition coefficient (Wildman–Crippen LogP) is 0.444. The number of aliphatic hydroxyl groups excluding tert-OH is 1. The number of hydrogen-bond donors (Lipinski definition) is 3. The molecule has 1 atom stereocenters. The summed E-state index contributed by atoms with van der Waals surface area (Å²) in [4.78, 5) is 0. The number of aromatic nitrogens is 2. The second-order valence-electron chi connectivity index (χ2n) is 3.96. The van der Waals surface area contributed by atoms with Crippen molar-refractivity contribution in [2.75, 3.05) is 13.1 Å². The fourth-order valence-electron chi connectivity index (χ4n) is 1.99. The predicted molar refractivity (Wildman–Crippen MR) is 53.8 cm³/mol. The Hall–Kier alpha value is -0.870. The van der Waals surface area contributed by atoms with Crippen LogP contribution in [0.25, 0.3) is 0 Å². The normalized spacial score (nSPS) is 22.5. The summed E-state index contributed by atoms with van der Waals surface area (Å²) in [6, 6.07) is 1.95. The summed E-state index contributed by atoms with van der Waals surface area (Å²) in [5, 5.41) is 19.3. The summed E-state index contributed by atoms with van der Waals surface area (Å²) < 4.78 is 0. The number of H-pyrrole nitrogens is 1. The summed E-state index contributed by atoms with van der Waals surface area (Å²) in [5.74, 6) is 0.707. The van der Waals surface area contributed by atoms with Gasteiger partial charge in [0.25, 0.3) is 0 Å². The van der Waals surface area contributed by atoms with Crippen molar-refractivity contribution in [3.8, 4) is 0 Å². The van der Waals surface area contributed by atoms with Gasteiger partial charge in [0.2, 0.25) is 0 Å². The molecule has 0 bridgehead atoms. The summed E-state index contributed by atoms with van der Waals surface area (Å²) in [5.41, 5.74) is 1.88. The molecule has 1 aromatic rings. The monoisotopic (exact) mass is 195 g/mol. The average molecular weight is 195 g/mol. The molecule has 0 spiro atoms. The lowest BCUT2D eigenvalue weighted by Gasteiger charge is -2.21. The minimum atomic E-state index is 0.0515. The third-order valence-corrected chi connectivity index (χ3v) is 2.75. The van der Waals surface area contributed by atoms with Crippen molar-refractivity contribution >= 4 is 0 Å². The van der Waals surface area contributed by atoms with Crippen LogP contribution in [0.5, 0.6) is 0 Å². The Labute approximate surface area is 83.7 Å². The molecule has 4 nitrogen and oxygen atoms in total. The lowest BCUT2D eigenvalue weighted by molar-refractivity contribution is 0.276. The molecule has 1 aromatic heterocycles. The molecule has 2 rings (SSSR count). The van der Waals surface area contributed by atoms with E-state index < -0.39 is 0 Å². The minimum Gasteiger partial charge on any atom is -0.390 e. The number of hydrogen-bond acceptors (Lipinski definition) is 3. The number of piperidine rings is 1. The largest absolute Gasteiger partial charge is 0.390 e. The fraction of sp³-hybridized carbons (Fsp3) is 0.700. The smallest absolute Gasteiger partial charge is 0.0847 e. The zero-order valence-electron chi connectivity index (χ0n) is 8.29. The zero-order valence-corrected chi connectivity index (χ0v) is 8.29. The topological polar surface area (TPSA) is 60.9 Å². The summed E-state index contributed by atoms with van der Waals surface area (Å²) >= 11 is 0. The molecule has 1 fully saturated rings. The van der Waals surface area contributed by atoms with Crippen LogP contribution < -0.4 is 5.32 Å². The highest BCUT2D eigenvalue weighted by atomic mass is 16.3. The number of rotatable bonds is 3. The van der Waals surface area contributed by atoms with Gasteiger partial charge in [-0.1, -0.05) is 0 Å². The van der Waals surface area contributed by atoms with Crippen LogP contribution in [-0.2, 0) is 13.0 Å². The van der Waals surface area contributed by atoms with Crippen LogP contribution in [0.4, 0.5) is 0 Å². The lowest BCUT2D eigenvalue weighted by atomic mass is 9.95. The molecule has 0 aliphatic carbocycles. The van der Waals surface area contributed by atoms with Crippen LogP contribution in [0.2, 0.25) is 0 Å². The van der Waals surface area contributed by atoms with Crippen LogP contribution in [0.15, 0.2) is 6.07 Å². The van der Waals surface area contributed by atoms with Crippen molar-refractivity contribution < 1.29 is 5.11 Å². The van der Waals surface area contributed by atoms with Crippen molar-refractivity contribution in [1.82, 2.24) is 15.5 Å². The number of nitrogens with one attached hydrogen (secondary N) is 2. The van der Waals surface area contributed by atoms with Gasteiger partial charge in [0.05, 0.1) is 18.0 Å². The van der Waals surface area contributed by atoms with Gasteiger partial charge >= 0.3 is 0 Å². The van der Waals surface area contributed by atoms with Crippen molar-refractivity contribution in [2.45, 2.75) is 25.9 Å². The van der Waals surface area contributed by atoms with E-state index in [1.165, 1.54) is 12.8 Å². The quantitative estimate of drug-likeness (QED) is 0.656. The van der Waals surface area contributed by atoms with Crippen LogP contribution in [-0.4, -0.2) is 28.4 Å². The van der Waals surface area contributed by atoms with Crippen molar-refractivity contribution in [1.29, 1.82) is 0 Å². The summed E-state index contributed by atoms with van der Waals surface area (Å²) in [6.45, 7) is 2.30. The van der Waals surface area contributed by atoms with Gasteiger partial charge < -0.3 is 10.4 Å². The van der Waals surface area contributed by atoms with E-state index >= 15 is 0 Å². The molecular formula is C10H17N3O. The number of aliphatic hydroxyl groups is 1. The highest BCUT2D eigenvalue weighted by Gasteiger charge is 2.14. The average Bonchev–Trinajstić information content (AvgIpc) is 2.67. The lowest BCUT2D eigenvalue weighted by Crippen LogP contribution is -2.30. The summed E-state index contributed by atoms with van der Waals surface area (Å²) in [6.07, 6.45) is 3.57. The van der Waals surface area contributed by atoms with E-state index in [-0.39, 0.29) is 6.61 Å². The molecular weight excluding hydrogens is 178 g/mol. The molecule has 14 heavy (non-hydrogen) atoms. The molecule has 1 aliphatic heterocycles. The maximum absolute atomic E-state index is 8.87. The number of aromatic amines is 1. The molecule has 3 N–H and O–H groups in total. The first-order chi connectivity index (χ1) is 6.88. The molecule has 1 saturated heterocycles. The van der Waals surface area contributed by atoms with Crippen molar-refractivity contribution in [3.63, 3.8) is 0 Å². The Morgan fingerprint density at radius 1 is 1.57 bits per heavy atom. The van der Waals surface area contributed by atoms with E-state index in [9.17, 15) is 0 Å². The molecule has 4 heteroatoms. The highest BCUT2D eigenvalue weighted by molar-refractivity contribution is 5.08. The van der Waals surface area contributed by atoms with Gasteiger partial charge in [0, 0.05) is 0 Å². The van der Waals surface area contributed by atoms with Gasteiger partial charge in [-0.2, -0.15) is 5.10 Å².